The number of benzene rings is 1. The van der Waals surface area contributed by atoms with Crippen LogP contribution in [0.4, 0.5) is 5.69 Å². The fourth-order valence-corrected chi connectivity index (χ4v) is 2.80. The third kappa shape index (κ3) is 3.93. The van der Waals surface area contributed by atoms with Gasteiger partial charge in [-0.25, -0.2) is 0 Å². The molecule has 1 fully saturated rings. The van der Waals surface area contributed by atoms with Gasteiger partial charge in [-0.2, -0.15) is 5.26 Å². The first-order valence-corrected chi connectivity index (χ1v) is 7.17. The van der Waals surface area contributed by atoms with Gasteiger partial charge in [0.1, 0.15) is 0 Å². The van der Waals surface area contributed by atoms with Crippen molar-refractivity contribution in [3.63, 3.8) is 0 Å². The van der Waals surface area contributed by atoms with Crippen LogP contribution >= 0.6 is 12.2 Å². The number of nitrogens with one attached hydrogen (secondary N) is 2. The zero-order valence-electron chi connectivity index (χ0n) is 11.1. The van der Waals surface area contributed by atoms with Gasteiger partial charge in [0.25, 0.3) is 0 Å². The van der Waals surface area contributed by atoms with Crippen molar-refractivity contribution in [1.82, 2.24) is 5.32 Å². The van der Waals surface area contributed by atoms with Crippen LogP contribution in [0.25, 0.3) is 0 Å². The van der Waals surface area contributed by atoms with E-state index in [4.69, 9.17) is 17.5 Å². The highest BCUT2D eigenvalue weighted by molar-refractivity contribution is 7.80. The van der Waals surface area contributed by atoms with E-state index in [1.165, 1.54) is 25.7 Å². The summed E-state index contributed by atoms with van der Waals surface area (Å²) < 4.78 is 0. The van der Waals surface area contributed by atoms with E-state index < -0.39 is 0 Å². The molecule has 19 heavy (non-hydrogen) atoms. The zero-order valence-corrected chi connectivity index (χ0v) is 12.0. The Morgan fingerprint density at radius 1 is 1.37 bits per heavy atom. The maximum absolute atomic E-state index is 8.87. The Labute approximate surface area is 120 Å². The minimum Gasteiger partial charge on any atom is -0.359 e. The number of nitrogens with zero attached hydrogens (tertiary/aromatic N) is 1. The molecule has 2 N–H and O–H groups in total. The highest BCUT2D eigenvalue weighted by Gasteiger charge is 2.21. The van der Waals surface area contributed by atoms with Crippen LogP contribution in [0, 0.1) is 17.2 Å². The van der Waals surface area contributed by atoms with Crippen molar-refractivity contribution < 1.29 is 0 Å². The topological polar surface area (TPSA) is 47.8 Å². The predicted octanol–water partition coefficient (Wildman–Crippen LogP) is 3.42. The molecule has 0 aromatic heterocycles. The quantitative estimate of drug-likeness (QED) is 0.811. The van der Waals surface area contributed by atoms with E-state index in [0.29, 0.717) is 22.6 Å². The van der Waals surface area contributed by atoms with Crippen LogP contribution in [0.1, 0.15) is 38.2 Å². The highest BCUT2D eigenvalue weighted by atomic mass is 32.1. The van der Waals surface area contributed by atoms with Crippen LogP contribution in [0.15, 0.2) is 24.3 Å². The molecule has 0 aliphatic heterocycles. The molecule has 0 unspecified atom stereocenters. The first kappa shape index (κ1) is 13.8. The Kier molecular flexibility index (Phi) is 4.75. The van der Waals surface area contributed by atoms with Gasteiger partial charge in [0.15, 0.2) is 5.11 Å². The third-order valence-corrected chi connectivity index (χ3v) is 3.90. The summed E-state index contributed by atoms with van der Waals surface area (Å²) in [4.78, 5) is 0. The van der Waals surface area contributed by atoms with Gasteiger partial charge in [0.05, 0.1) is 11.6 Å². The van der Waals surface area contributed by atoms with E-state index in [0.717, 1.165) is 5.69 Å². The van der Waals surface area contributed by atoms with E-state index in [9.17, 15) is 0 Å². The average Bonchev–Trinajstić information content (AvgIpc) is 2.41. The highest BCUT2D eigenvalue weighted by Crippen LogP contribution is 2.23. The molecule has 0 radical (unpaired) electrons. The van der Waals surface area contributed by atoms with E-state index in [-0.39, 0.29) is 0 Å². The van der Waals surface area contributed by atoms with Crippen molar-refractivity contribution in [2.75, 3.05) is 5.32 Å². The molecule has 0 amide bonds. The summed E-state index contributed by atoms with van der Waals surface area (Å²) >= 11 is 5.34. The number of rotatable bonds is 2. The van der Waals surface area contributed by atoms with Crippen LogP contribution < -0.4 is 10.6 Å². The summed E-state index contributed by atoms with van der Waals surface area (Å²) in [6, 6.07) is 9.95. The second-order valence-electron chi connectivity index (χ2n) is 5.16. The molecule has 2 atom stereocenters. The van der Waals surface area contributed by atoms with Crippen molar-refractivity contribution in [1.29, 1.82) is 5.26 Å². The first-order valence-electron chi connectivity index (χ1n) is 6.76. The molecule has 0 bridgehead atoms. The lowest BCUT2D eigenvalue weighted by Crippen LogP contribution is -2.43. The van der Waals surface area contributed by atoms with Crippen molar-refractivity contribution >= 4 is 23.0 Å². The first-order chi connectivity index (χ1) is 9.19. The lowest BCUT2D eigenvalue weighted by molar-refractivity contribution is 0.309. The van der Waals surface area contributed by atoms with Crippen LogP contribution in [0.2, 0.25) is 0 Å². The molecule has 3 nitrogen and oxygen atoms in total. The summed E-state index contributed by atoms with van der Waals surface area (Å²) in [7, 11) is 0. The summed E-state index contributed by atoms with van der Waals surface area (Å²) in [5, 5.41) is 16.1. The molecule has 0 spiro atoms. The summed E-state index contributed by atoms with van der Waals surface area (Å²) in [6.07, 6.45) is 5.05. The van der Waals surface area contributed by atoms with Crippen molar-refractivity contribution in [2.45, 2.75) is 38.6 Å². The number of thiocarbonyl (C=S) groups is 1. The maximum Gasteiger partial charge on any atom is 0.171 e. The fourth-order valence-electron chi connectivity index (χ4n) is 2.53. The molecule has 100 valence electrons. The molecule has 0 saturated heterocycles. The van der Waals surface area contributed by atoms with Crippen molar-refractivity contribution in [2.24, 2.45) is 5.92 Å². The largest absolute Gasteiger partial charge is 0.359 e. The summed E-state index contributed by atoms with van der Waals surface area (Å²) in [6.45, 7) is 2.27. The maximum atomic E-state index is 8.87. The molecule has 1 aromatic rings. The SMILES string of the molecule is C[C@H]1CCCC[C@H]1NC(=S)Nc1cccc(C#N)c1. The van der Waals surface area contributed by atoms with Crippen LogP contribution in [-0.2, 0) is 0 Å². The molecular weight excluding hydrogens is 254 g/mol. The van der Waals surface area contributed by atoms with Gasteiger partial charge in [-0.3, -0.25) is 0 Å². The second-order valence-corrected chi connectivity index (χ2v) is 5.57. The monoisotopic (exact) mass is 273 g/mol. The van der Waals surface area contributed by atoms with Crippen LogP contribution in [0.3, 0.4) is 0 Å². The van der Waals surface area contributed by atoms with Gasteiger partial charge in [-0.15, -0.1) is 0 Å². The smallest absolute Gasteiger partial charge is 0.171 e. The van der Waals surface area contributed by atoms with E-state index in [2.05, 4.69) is 23.6 Å². The fraction of sp³-hybridized carbons (Fsp3) is 0.467. The van der Waals surface area contributed by atoms with Crippen molar-refractivity contribution in [3.8, 4) is 6.07 Å². The van der Waals surface area contributed by atoms with E-state index in [1.807, 2.05) is 12.1 Å². The average molecular weight is 273 g/mol. The predicted molar refractivity (Wildman–Crippen MR) is 81.9 cm³/mol. The normalized spacial score (nSPS) is 22.3. The Hall–Kier alpha value is -1.60. The Morgan fingerprint density at radius 3 is 2.89 bits per heavy atom. The van der Waals surface area contributed by atoms with Crippen molar-refractivity contribution in [3.05, 3.63) is 29.8 Å². The number of nitriles is 1. The minimum atomic E-state index is 0.466. The molecule has 4 heteroatoms. The molecule has 2 rings (SSSR count). The Balaban J connectivity index is 1.91. The van der Waals surface area contributed by atoms with Gasteiger partial charge < -0.3 is 10.6 Å². The molecule has 1 aliphatic rings. The third-order valence-electron chi connectivity index (χ3n) is 3.68. The van der Waals surface area contributed by atoms with Gasteiger partial charge in [-0.1, -0.05) is 25.8 Å². The second kappa shape index (κ2) is 6.53. The van der Waals surface area contributed by atoms with Crippen LogP contribution in [0.5, 0.6) is 0 Å². The van der Waals surface area contributed by atoms with Gasteiger partial charge >= 0.3 is 0 Å². The van der Waals surface area contributed by atoms with Gasteiger partial charge in [-0.05, 0) is 49.2 Å². The van der Waals surface area contributed by atoms with E-state index in [1.54, 1.807) is 12.1 Å². The van der Waals surface area contributed by atoms with E-state index >= 15 is 0 Å². The number of hydrogen-bond acceptors (Lipinski definition) is 2. The molecule has 1 aliphatic carbocycles. The lowest BCUT2D eigenvalue weighted by Gasteiger charge is -2.30. The number of hydrogen-bond donors (Lipinski definition) is 2. The summed E-state index contributed by atoms with van der Waals surface area (Å²) in [5.41, 5.74) is 1.50. The molecule has 0 heterocycles. The molecule has 1 aromatic carbocycles. The Morgan fingerprint density at radius 2 is 2.16 bits per heavy atom. The van der Waals surface area contributed by atoms with Gasteiger partial charge in [0, 0.05) is 11.7 Å². The lowest BCUT2D eigenvalue weighted by atomic mass is 9.86. The standard InChI is InChI=1S/C15H19N3S/c1-11-5-2-3-8-14(11)18-15(19)17-13-7-4-6-12(9-13)10-16/h4,6-7,9,11,14H,2-3,5,8H2,1H3,(H2,17,18,19)/t11-,14+/m0/s1. The summed E-state index contributed by atoms with van der Waals surface area (Å²) in [5.74, 6) is 0.666. The minimum absolute atomic E-state index is 0.466. The molecular formula is C15H19N3S. The van der Waals surface area contributed by atoms with Crippen LogP contribution in [-0.4, -0.2) is 11.2 Å². The molecule has 1 saturated carbocycles. The zero-order chi connectivity index (χ0) is 13.7. The number of anilines is 1. The Bertz CT molecular complexity index is 492. The van der Waals surface area contributed by atoms with Gasteiger partial charge in [0.2, 0.25) is 0 Å².